The Morgan fingerprint density at radius 1 is 1.50 bits per heavy atom. The predicted molar refractivity (Wildman–Crippen MR) is 64.5 cm³/mol. The van der Waals surface area contributed by atoms with Crippen LogP contribution in [0.15, 0.2) is 22.7 Å². The summed E-state index contributed by atoms with van der Waals surface area (Å²) in [5.74, 6) is -0.494. The summed E-state index contributed by atoms with van der Waals surface area (Å²) >= 11 is 3.33. The standard InChI is InChI=1S/C11H14BrNO3/c1-6(13)9-5-8(12)3-4-10(9)16-7(2)11(14)15/h3-7H,13H2,1-2H3,(H,14,15). The van der Waals surface area contributed by atoms with E-state index in [2.05, 4.69) is 15.9 Å². The molecule has 0 bridgehead atoms. The van der Waals surface area contributed by atoms with E-state index in [1.165, 1.54) is 6.92 Å². The molecule has 0 saturated heterocycles. The van der Waals surface area contributed by atoms with E-state index >= 15 is 0 Å². The van der Waals surface area contributed by atoms with Crippen LogP contribution in [0.1, 0.15) is 25.5 Å². The van der Waals surface area contributed by atoms with Crippen molar-refractivity contribution in [3.8, 4) is 5.75 Å². The Kier molecular flexibility index (Phi) is 4.32. The maximum absolute atomic E-state index is 10.7. The Morgan fingerprint density at radius 3 is 2.62 bits per heavy atom. The number of carboxylic acids is 1. The van der Waals surface area contributed by atoms with Gasteiger partial charge < -0.3 is 15.6 Å². The van der Waals surface area contributed by atoms with E-state index in [1.54, 1.807) is 12.1 Å². The monoisotopic (exact) mass is 287 g/mol. The Hall–Kier alpha value is -1.07. The maximum atomic E-state index is 10.7. The third-order valence-electron chi connectivity index (χ3n) is 2.11. The van der Waals surface area contributed by atoms with E-state index in [4.69, 9.17) is 15.6 Å². The van der Waals surface area contributed by atoms with Crippen LogP contribution in [0.5, 0.6) is 5.75 Å². The summed E-state index contributed by atoms with van der Waals surface area (Å²) in [5.41, 5.74) is 6.57. The molecule has 0 fully saturated rings. The van der Waals surface area contributed by atoms with Crippen LogP contribution in [-0.2, 0) is 4.79 Å². The molecular formula is C11H14BrNO3. The van der Waals surface area contributed by atoms with Gasteiger partial charge >= 0.3 is 5.97 Å². The molecule has 88 valence electrons. The van der Waals surface area contributed by atoms with Crippen LogP contribution in [0, 0.1) is 0 Å². The van der Waals surface area contributed by atoms with Gasteiger partial charge in [0.25, 0.3) is 0 Å². The van der Waals surface area contributed by atoms with Crippen LogP contribution < -0.4 is 10.5 Å². The van der Waals surface area contributed by atoms with Gasteiger partial charge in [-0.15, -0.1) is 0 Å². The first-order chi connectivity index (χ1) is 7.41. The average Bonchev–Trinajstić information content (AvgIpc) is 2.20. The van der Waals surface area contributed by atoms with E-state index in [0.717, 1.165) is 10.0 Å². The number of hydrogen-bond donors (Lipinski definition) is 2. The minimum Gasteiger partial charge on any atom is -0.479 e. The minimum atomic E-state index is -1.00. The third-order valence-corrected chi connectivity index (χ3v) is 2.61. The Bertz CT molecular complexity index is 393. The van der Waals surface area contributed by atoms with Gasteiger partial charge in [0.1, 0.15) is 5.75 Å². The number of aliphatic carboxylic acids is 1. The molecule has 0 amide bonds. The lowest BCUT2D eigenvalue weighted by Gasteiger charge is -2.16. The van der Waals surface area contributed by atoms with Gasteiger partial charge in [-0.3, -0.25) is 0 Å². The summed E-state index contributed by atoms with van der Waals surface area (Å²) < 4.78 is 6.21. The fourth-order valence-corrected chi connectivity index (χ4v) is 1.60. The molecule has 4 nitrogen and oxygen atoms in total. The SMILES string of the molecule is CC(Oc1ccc(Br)cc1C(C)N)C(=O)O. The highest BCUT2D eigenvalue weighted by atomic mass is 79.9. The van der Waals surface area contributed by atoms with Gasteiger partial charge in [-0.1, -0.05) is 15.9 Å². The van der Waals surface area contributed by atoms with Crippen molar-refractivity contribution in [2.75, 3.05) is 0 Å². The van der Waals surface area contributed by atoms with Crippen molar-refractivity contribution in [2.45, 2.75) is 26.0 Å². The fourth-order valence-electron chi connectivity index (χ4n) is 1.22. The molecule has 0 aliphatic carbocycles. The van der Waals surface area contributed by atoms with E-state index in [1.807, 2.05) is 13.0 Å². The molecule has 16 heavy (non-hydrogen) atoms. The van der Waals surface area contributed by atoms with Gasteiger partial charge in [0.05, 0.1) is 0 Å². The zero-order chi connectivity index (χ0) is 12.3. The molecule has 0 aliphatic heterocycles. The van der Waals surface area contributed by atoms with Crippen LogP contribution in [0.3, 0.4) is 0 Å². The molecular weight excluding hydrogens is 274 g/mol. The maximum Gasteiger partial charge on any atom is 0.344 e. The predicted octanol–water partition coefficient (Wildman–Crippen LogP) is 2.32. The number of rotatable bonds is 4. The van der Waals surface area contributed by atoms with Crippen LogP contribution >= 0.6 is 15.9 Å². The Labute approximate surface area is 103 Å². The van der Waals surface area contributed by atoms with Crippen molar-refractivity contribution in [2.24, 2.45) is 5.73 Å². The second-order valence-electron chi connectivity index (χ2n) is 3.57. The lowest BCUT2D eigenvalue weighted by atomic mass is 10.1. The Morgan fingerprint density at radius 2 is 2.12 bits per heavy atom. The average molecular weight is 288 g/mol. The summed E-state index contributed by atoms with van der Waals surface area (Å²) in [6.45, 7) is 3.30. The van der Waals surface area contributed by atoms with Crippen LogP contribution in [0.25, 0.3) is 0 Å². The zero-order valence-corrected chi connectivity index (χ0v) is 10.7. The number of carbonyl (C=O) groups is 1. The lowest BCUT2D eigenvalue weighted by molar-refractivity contribution is -0.144. The van der Waals surface area contributed by atoms with Gasteiger partial charge in [0.15, 0.2) is 6.10 Å². The van der Waals surface area contributed by atoms with Crippen LogP contribution in [0.2, 0.25) is 0 Å². The van der Waals surface area contributed by atoms with Crippen molar-refractivity contribution < 1.29 is 14.6 Å². The minimum absolute atomic E-state index is 0.214. The van der Waals surface area contributed by atoms with E-state index in [0.29, 0.717) is 5.75 Å². The molecule has 0 heterocycles. The van der Waals surface area contributed by atoms with Crippen molar-refractivity contribution in [1.29, 1.82) is 0 Å². The fraction of sp³-hybridized carbons (Fsp3) is 0.364. The third kappa shape index (κ3) is 3.21. The number of halogens is 1. The highest BCUT2D eigenvalue weighted by Gasteiger charge is 2.16. The number of hydrogen-bond acceptors (Lipinski definition) is 3. The highest BCUT2D eigenvalue weighted by Crippen LogP contribution is 2.28. The van der Waals surface area contributed by atoms with Gasteiger partial charge in [-0.2, -0.15) is 0 Å². The van der Waals surface area contributed by atoms with E-state index in [-0.39, 0.29) is 6.04 Å². The van der Waals surface area contributed by atoms with Gasteiger partial charge in [-0.25, -0.2) is 4.79 Å². The zero-order valence-electron chi connectivity index (χ0n) is 9.11. The molecule has 2 unspecified atom stereocenters. The summed E-state index contributed by atoms with van der Waals surface area (Å²) in [5, 5.41) is 8.76. The summed E-state index contributed by atoms with van der Waals surface area (Å²) in [6.07, 6.45) is -0.890. The van der Waals surface area contributed by atoms with Crippen molar-refractivity contribution in [3.05, 3.63) is 28.2 Å². The molecule has 1 rings (SSSR count). The summed E-state index contributed by atoms with van der Waals surface area (Å²) in [7, 11) is 0. The molecule has 0 aliphatic rings. The molecule has 0 spiro atoms. The second kappa shape index (κ2) is 5.32. The molecule has 0 aromatic heterocycles. The van der Waals surface area contributed by atoms with Crippen molar-refractivity contribution in [3.63, 3.8) is 0 Å². The number of benzene rings is 1. The molecule has 1 aromatic carbocycles. The molecule has 5 heteroatoms. The largest absolute Gasteiger partial charge is 0.479 e. The summed E-state index contributed by atoms with van der Waals surface area (Å²) in [4.78, 5) is 10.7. The second-order valence-corrected chi connectivity index (χ2v) is 4.48. The normalized spacial score (nSPS) is 14.2. The van der Waals surface area contributed by atoms with Gasteiger partial charge in [-0.05, 0) is 32.0 Å². The summed E-state index contributed by atoms with van der Waals surface area (Å²) in [6, 6.07) is 5.11. The number of carboxylic acid groups (broad SMARTS) is 1. The quantitative estimate of drug-likeness (QED) is 0.891. The topological polar surface area (TPSA) is 72.5 Å². The van der Waals surface area contributed by atoms with Crippen molar-refractivity contribution >= 4 is 21.9 Å². The Balaban J connectivity index is 2.99. The van der Waals surface area contributed by atoms with E-state index < -0.39 is 12.1 Å². The number of ether oxygens (including phenoxy) is 1. The van der Waals surface area contributed by atoms with Crippen molar-refractivity contribution in [1.82, 2.24) is 0 Å². The first-order valence-corrected chi connectivity index (χ1v) is 5.65. The van der Waals surface area contributed by atoms with Gasteiger partial charge in [0, 0.05) is 16.1 Å². The van der Waals surface area contributed by atoms with Crippen LogP contribution in [0.4, 0.5) is 0 Å². The van der Waals surface area contributed by atoms with E-state index in [9.17, 15) is 4.79 Å². The molecule has 0 saturated carbocycles. The lowest BCUT2D eigenvalue weighted by Crippen LogP contribution is -2.24. The smallest absolute Gasteiger partial charge is 0.344 e. The molecule has 3 N–H and O–H groups in total. The molecule has 0 radical (unpaired) electrons. The first-order valence-electron chi connectivity index (χ1n) is 4.86. The number of nitrogens with two attached hydrogens (primary N) is 1. The van der Waals surface area contributed by atoms with Crippen LogP contribution in [-0.4, -0.2) is 17.2 Å². The molecule has 1 aromatic rings. The highest BCUT2D eigenvalue weighted by molar-refractivity contribution is 9.10. The first kappa shape index (κ1) is 13.0. The van der Waals surface area contributed by atoms with Gasteiger partial charge in [0.2, 0.25) is 0 Å². The molecule has 2 atom stereocenters.